The second kappa shape index (κ2) is 7.16. The molecule has 3 amide bonds. The summed E-state index contributed by atoms with van der Waals surface area (Å²) in [5.74, 6) is -2.22. The Bertz CT molecular complexity index is 996. The number of carbonyl (C=O) groups excluding carboxylic acids is 4. The Morgan fingerprint density at radius 1 is 1.03 bits per heavy atom. The minimum absolute atomic E-state index is 0.0349. The molecule has 2 aliphatic rings. The summed E-state index contributed by atoms with van der Waals surface area (Å²) < 4.78 is 5.17. The minimum Gasteiger partial charge on any atom is -0.454 e. The largest absolute Gasteiger partial charge is 0.454 e. The highest BCUT2D eigenvalue weighted by Gasteiger charge is 2.41. The van der Waals surface area contributed by atoms with Gasteiger partial charge in [0.25, 0.3) is 17.7 Å². The number of fused-ring (bicyclic) bond motifs is 2. The van der Waals surface area contributed by atoms with Crippen LogP contribution in [0.15, 0.2) is 48.5 Å². The minimum atomic E-state index is -1.13. The molecule has 2 aromatic rings. The molecule has 148 valence electrons. The normalized spacial score (nSPS) is 18.5. The number of ether oxygens (including phenoxy) is 1. The number of hydrogen-bond donors (Lipinski definition) is 0. The van der Waals surface area contributed by atoms with Crippen molar-refractivity contribution >= 4 is 29.4 Å². The highest BCUT2D eigenvalue weighted by molar-refractivity contribution is 6.22. The van der Waals surface area contributed by atoms with Gasteiger partial charge in [-0.15, -0.1) is 0 Å². The molecule has 0 N–H and O–H groups in total. The number of amides is 3. The summed E-state index contributed by atoms with van der Waals surface area (Å²) in [6.45, 7) is 2.90. The summed E-state index contributed by atoms with van der Waals surface area (Å²) in [6, 6.07) is 12.8. The number of nitrogens with zero attached hydrogens (tertiary/aromatic N) is 2. The Morgan fingerprint density at radius 3 is 2.28 bits per heavy atom. The Kier molecular flexibility index (Phi) is 4.66. The highest BCUT2D eigenvalue weighted by atomic mass is 16.5. The van der Waals surface area contributed by atoms with Crippen molar-refractivity contribution in [2.24, 2.45) is 0 Å². The van der Waals surface area contributed by atoms with Crippen molar-refractivity contribution in [3.05, 3.63) is 65.2 Å². The maximum absolute atomic E-state index is 12.7. The van der Waals surface area contributed by atoms with Crippen LogP contribution in [0.1, 0.15) is 40.1 Å². The van der Waals surface area contributed by atoms with Gasteiger partial charge in [-0.3, -0.25) is 19.3 Å². The predicted molar refractivity (Wildman–Crippen MR) is 104 cm³/mol. The van der Waals surface area contributed by atoms with Crippen LogP contribution in [-0.4, -0.2) is 47.3 Å². The summed E-state index contributed by atoms with van der Waals surface area (Å²) in [5, 5.41) is 0. The smallest absolute Gasteiger partial charge is 0.329 e. The molecule has 0 spiro atoms. The van der Waals surface area contributed by atoms with E-state index >= 15 is 0 Å². The lowest BCUT2D eigenvalue weighted by Crippen LogP contribution is -2.45. The summed E-state index contributed by atoms with van der Waals surface area (Å²) in [5.41, 5.74) is 2.40. The second-order valence-corrected chi connectivity index (χ2v) is 7.26. The van der Waals surface area contributed by atoms with Crippen molar-refractivity contribution in [2.45, 2.75) is 32.4 Å². The Balaban J connectivity index is 1.42. The summed E-state index contributed by atoms with van der Waals surface area (Å²) >= 11 is 0. The quantitative estimate of drug-likeness (QED) is 0.588. The van der Waals surface area contributed by atoms with E-state index in [0.717, 1.165) is 22.6 Å². The van der Waals surface area contributed by atoms with Crippen LogP contribution in [0.3, 0.4) is 0 Å². The van der Waals surface area contributed by atoms with Crippen molar-refractivity contribution in [3.8, 4) is 0 Å². The van der Waals surface area contributed by atoms with Crippen LogP contribution in [0.25, 0.3) is 0 Å². The Labute approximate surface area is 167 Å². The molecule has 7 nitrogen and oxygen atoms in total. The molecule has 0 fully saturated rings. The molecule has 0 radical (unpaired) electrons. The zero-order valence-electron chi connectivity index (χ0n) is 16.1. The standard InChI is InChI=1S/C22H20N2O5/c1-13-11-15-7-3-6-10-18(15)23(13)19(25)12-29-22(28)14(2)24-20(26)16-8-4-5-9-17(16)21(24)27/h3-10,13-14H,11-12H2,1-2H3/t13-,14+/m0/s1. The second-order valence-electron chi connectivity index (χ2n) is 7.26. The van der Waals surface area contributed by atoms with Crippen molar-refractivity contribution in [3.63, 3.8) is 0 Å². The van der Waals surface area contributed by atoms with Crippen molar-refractivity contribution in [1.29, 1.82) is 0 Å². The molecule has 0 unspecified atom stereocenters. The van der Waals surface area contributed by atoms with E-state index in [2.05, 4.69) is 0 Å². The third-order valence-electron chi connectivity index (χ3n) is 5.37. The third-order valence-corrected chi connectivity index (χ3v) is 5.37. The monoisotopic (exact) mass is 392 g/mol. The third kappa shape index (κ3) is 3.08. The van der Waals surface area contributed by atoms with Gasteiger partial charge in [-0.25, -0.2) is 4.79 Å². The van der Waals surface area contributed by atoms with Gasteiger partial charge in [-0.05, 0) is 44.0 Å². The molecule has 2 atom stereocenters. The number of rotatable bonds is 4. The Hall–Kier alpha value is -3.48. The fourth-order valence-corrected chi connectivity index (χ4v) is 3.93. The zero-order valence-corrected chi connectivity index (χ0v) is 16.1. The van der Waals surface area contributed by atoms with Crippen LogP contribution < -0.4 is 4.90 Å². The van der Waals surface area contributed by atoms with E-state index in [1.165, 1.54) is 6.92 Å². The van der Waals surface area contributed by atoms with Gasteiger partial charge < -0.3 is 9.64 Å². The molecule has 29 heavy (non-hydrogen) atoms. The van der Waals surface area contributed by atoms with E-state index < -0.39 is 30.4 Å². The first-order chi connectivity index (χ1) is 13.9. The van der Waals surface area contributed by atoms with E-state index in [1.807, 2.05) is 31.2 Å². The van der Waals surface area contributed by atoms with Gasteiger partial charge in [0, 0.05) is 11.7 Å². The molecule has 0 saturated heterocycles. The van der Waals surface area contributed by atoms with Crippen molar-refractivity contribution < 1.29 is 23.9 Å². The molecular formula is C22H20N2O5. The molecule has 2 heterocycles. The molecule has 0 saturated carbocycles. The number of imide groups is 1. The van der Waals surface area contributed by atoms with Gasteiger partial charge in [-0.1, -0.05) is 30.3 Å². The van der Waals surface area contributed by atoms with Gasteiger partial charge >= 0.3 is 5.97 Å². The molecule has 2 aliphatic heterocycles. The van der Waals surface area contributed by atoms with Gasteiger partial charge in [0.2, 0.25) is 0 Å². The van der Waals surface area contributed by atoms with Gasteiger partial charge in [-0.2, -0.15) is 0 Å². The van der Waals surface area contributed by atoms with E-state index in [4.69, 9.17) is 4.74 Å². The lowest BCUT2D eigenvalue weighted by molar-refractivity contribution is -0.151. The van der Waals surface area contributed by atoms with E-state index in [0.29, 0.717) is 0 Å². The van der Waals surface area contributed by atoms with Crippen LogP contribution in [-0.2, 0) is 20.7 Å². The summed E-state index contributed by atoms with van der Waals surface area (Å²) in [7, 11) is 0. The number of benzene rings is 2. The van der Waals surface area contributed by atoms with Crippen LogP contribution in [0.4, 0.5) is 5.69 Å². The van der Waals surface area contributed by atoms with Gasteiger partial charge in [0.15, 0.2) is 6.61 Å². The van der Waals surface area contributed by atoms with Crippen molar-refractivity contribution in [1.82, 2.24) is 4.90 Å². The lowest BCUT2D eigenvalue weighted by atomic mass is 10.1. The molecule has 0 aromatic heterocycles. The maximum atomic E-state index is 12.7. The SMILES string of the molecule is C[C@H](C(=O)OCC(=O)N1c2ccccc2C[C@@H]1C)N1C(=O)c2ccccc2C1=O. The number of anilines is 1. The first-order valence-corrected chi connectivity index (χ1v) is 9.43. The van der Waals surface area contributed by atoms with E-state index in [1.54, 1.807) is 29.2 Å². The topological polar surface area (TPSA) is 84.0 Å². The summed E-state index contributed by atoms with van der Waals surface area (Å²) in [6.07, 6.45) is 0.737. The fraction of sp³-hybridized carbons (Fsp3) is 0.273. The summed E-state index contributed by atoms with van der Waals surface area (Å²) in [4.78, 5) is 52.7. The van der Waals surface area contributed by atoms with Crippen LogP contribution in [0.2, 0.25) is 0 Å². The molecule has 2 aromatic carbocycles. The van der Waals surface area contributed by atoms with Gasteiger partial charge in [0.1, 0.15) is 6.04 Å². The van der Waals surface area contributed by atoms with Crippen LogP contribution >= 0.6 is 0 Å². The molecule has 7 heteroatoms. The Morgan fingerprint density at radius 2 is 1.62 bits per heavy atom. The molecular weight excluding hydrogens is 372 g/mol. The molecule has 0 bridgehead atoms. The average molecular weight is 392 g/mol. The van der Waals surface area contributed by atoms with Crippen LogP contribution in [0, 0.1) is 0 Å². The first-order valence-electron chi connectivity index (χ1n) is 9.43. The maximum Gasteiger partial charge on any atom is 0.329 e. The number of esters is 1. The van der Waals surface area contributed by atoms with Crippen molar-refractivity contribution in [2.75, 3.05) is 11.5 Å². The zero-order chi connectivity index (χ0) is 20.7. The molecule has 0 aliphatic carbocycles. The lowest BCUT2D eigenvalue weighted by Gasteiger charge is -2.24. The highest BCUT2D eigenvalue weighted by Crippen LogP contribution is 2.32. The van der Waals surface area contributed by atoms with E-state index in [9.17, 15) is 19.2 Å². The predicted octanol–water partition coefficient (Wildman–Crippen LogP) is 2.19. The average Bonchev–Trinajstić information content (AvgIpc) is 3.19. The van der Waals surface area contributed by atoms with Gasteiger partial charge in [0.05, 0.1) is 11.1 Å². The fourth-order valence-electron chi connectivity index (χ4n) is 3.93. The number of hydrogen-bond acceptors (Lipinski definition) is 5. The number of carbonyl (C=O) groups is 4. The number of para-hydroxylation sites is 1. The molecule has 4 rings (SSSR count). The van der Waals surface area contributed by atoms with E-state index in [-0.39, 0.29) is 23.1 Å². The van der Waals surface area contributed by atoms with Crippen LogP contribution in [0.5, 0.6) is 0 Å². The first kappa shape index (κ1) is 18.9.